The summed E-state index contributed by atoms with van der Waals surface area (Å²) in [6.45, 7) is 3.95. The summed E-state index contributed by atoms with van der Waals surface area (Å²) < 4.78 is 5.31. The molecular weight excluding hydrogens is 290 g/mol. The molecule has 0 unspecified atom stereocenters. The summed E-state index contributed by atoms with van der Waals surface area (Å²) in [7, 11) is 0. The van der Waals surface area contributed by atoms with Gasteiger partial charge in [0.15, 0.2) is 5.78 Å². The lowest BCUT2D eigenvalue weighted by Crippen LogP contribution is -2.52. The second-order valence-corrected chi connectivity index (χ2v) is 6.46. The molecule has 1 aromatic rings. The lowest BCUT2D eigenvalue weighted by molar-refractivity contribution is -0.151. The maximum absolute atomic E-state index is 13.0. The minimum Gasteiger partial charge on any atom is -0.465 e. The topological polar surface area (TPSA) is 46.6 Å². The molecule has 0 spiro atoms. The van der Waals surface area contributed by atoms with Crippen LogP contribution in [-0.2, 0) is 16.0 Å². The normalized spacial score (nSPS) is 23.2. The Balaban J connectivity index is 1.87. The van der Waals surface area contributed by atoms with Crippen LogP contribution in [0.15, 0.2) is 24.3 Å². The molecule has 0 bridgehead atoms. The van der Waals surface area contributed by atoms with Gasteiger partial charge in [0.05, 0.1) is 6.61 Å². The average Bonchev–Trinajstić information content (AvgIpc) is 2.59. The minimum atomic E-state index is -0.420. The van der Waals surface area contributed by atoms with Crippen LogP contribution < -0.4 is 0 Å². The van der Waals surface area contributed by atoms with Crippen molar-refractivity contribution in [1.29, 1.82) is 0 Å². The van der Waals surface area contributed by atoms with Gasteiger partial charge < -0.3 is 4.74 Å². The first-order chi connectivity index (χ1) is 11.2. The number of likely N-dealkylation sites (tertiary alicyclic amines) is 1. The number of rotatable bonds is 4. The third-order valence-electron chi connectivity index (χ3n) is 5.04. The molecule has 1 heterocycles. The van der Waals surface area contributed by atoms with Crippen LogP contribution >= 0.6 is 0 Å². The van der Waals surface area contributed by atoms with Gasteiger partial charge in [-0.3, -0.25) is 14.5 Å². The van der Waals surface area contributed by atoms with Crippen molar-refractivity contribution >= 4 is 11.8 Å². The summed E-state index contributed by atoms with van der Waals surface area (Å²) in [4.78, 5) is 27.7. The Hall–Kier alpha value is -1.68. The molecule has 0 amide bonds. The number of Topliss-reactive ketones (excluding diaryl/α,β-unsaturated/α-hetero) is 1. The Morgan fingerprint density at radius 2 is 2.00 bits per heavy atom. The lowest BCUT2D eigenvalue weighted by Gasteiger charge is -2.38. The smallest absolute Gasteiger partial charge is 0.324 e. The highest BCUT2D eigenvalue weighted by Gasteiger charge is 2.41. The van der Waals surface area contributed by atoms with Crippen molar-refractivity contribution in [3.05, 3.63) is 35.4 Å². The summed E-state index contributed by atoms with van der Waals surface area (Å²) in [6.07, 6.45) is 4.97. The summed E-state index contributed by atoms with van der Waals surface area (Å²) in [5, 5.41) is 0. The van der Waals surface area contributed by atoms with Crippen molar-refractivity contribution in [2.24, 2.45) is 5.92 Å². The Bertz CT molecular complexity index is 578. The predicted octanol–water partition coefficient (Wildman–Crippen LogP) is 2.85. The highest BCUT2D eigenvalue weighted by atomic mass is 16.5. The van der Waals surface area contributed by atoms with Gasteiger partial charge in [0.25, 0.3) is 0 Å². The molecular formula is C19H25NO3. The number of nitrogens with zero attached hydrogens (tertiary/aromatic N) is 1. The first kappa shape index (κ1) is 16.2. The van der Waals surface area contributed by atoms with E-state index in [1.165, 1.54) is 6.42 Å². The van der Waals surface area contributed by atoms with Crippen molar-refractivity contribution in [3.63, 3.8) is 0 Å². The molecule has 0 aromatic heterocycles. The molecule has 1 aromatic carbocycles. The molecule has 1 saturated heterocycles. The molecule has 0 N–H and O–H groups in total. The summed E-state index contributed by atoms with van der Waals surface area (Å²) in [6, 6.07) is 7.36. The van der Waals surface area contributed by atoms with Crippen molar-refractivity contribution < 1.29 is 14.3 Å². The van der Waals surface area contributed by atoms with Gasteiger partial charge in [0.1, 0.15) is 6.04 Å². The van der Waals surface area contributed by atoms with E-state index in [0.717, 1.165) is 49.9 Å². The number of hydrogen-bond acceptors (Lipinski definition) is 4. The van der Waals surface area contributed by atoms with Gasteiger partial charge in [-0.2, -0.15) is 0 Å². The number of carbonyl (C=O) groups is 2. The summed E-state index contributed by atoms with van der Waals surface area (Å²) in [5.41, 5.74) is 1.89. The highest BCUT2D eigenvalue weighted by molar-refractivity contribution is 6.02. The van der Waals surface area contributed by atoms with Crippen LogP contribution in [0.1, 0.15) is 48.5 Å². The zero-order valence-electron chi connectivity index (χ0n) is 13.8. The number of piperidine rings is 1. The summed E-state index contributed by atoms with van der Waals surface area (Å²) in [5.74, 6) is -0.398. The first-order valence-corrected chi connectivity index (χ1v) is 8.75. The van der Waals surface area contributed by atoms with Crippen molar-refractivity contribution in [2.75, 3.05) is 19.7 Å². The van der Waals surface area contributed by atoms with Crippen molar-refractivity contribution in [2.45, 2.75) is 45.1 Å². The van der Waals surface area contributed by atoms with Gasteiger partial charge in [-0.1, -0.05) is 30.7 Å². The molecule has 4 nitrogen and oxygen atoms in total. The Kier molecular flexibility index (Phi) is 5.11. The third-order valence-corrected chi connectivity index (χ3v) is 5.04. The first-order valence-electron chi connectivity index (χ1n) is 8.75. The van der Waals surface area contributed by atoms with Crippen LogP contribution in [0.4, 0.5) is 0 Å². The fourth-order valence-corrected chi connectivity index (χ4v) is 3.91. The van der Waals surface area contributed by atoms with Crippen LogP contribution in [0, 0.1) is 5.92 Å². The molecule has 4 heteroatoms. The van der Waals surface area contributed by atoms with Gasteiger partial charge >= 0.3 is 5.97 Å². The number of ketones is 1. The van der Waals surface area contributed by atoms with E-state index in [9.17, 15) is 9.59 Å². The van der Waals surface area contributed by atoms with Crippen molar-refractivity contribution in [3.8, 4) is 0 Å². The zero-order valence-corrected chi connectivity index (χ0v) is 13.8. The number of esters is 1. The Labute approximate surface area is 137 Å². The summed E-state index contributed by atoms with van der Waals surface area (Å²) >= 11 is 0. The molecule has 124 valence electrons. The molecule has 0 saturated carbocycles. The molecule has 3 rings (SSSR count). The number of aryl methyl sites for hydroxylation is 1. The van der Waals surface area contributed by atoms with E-state index in [1.54, 1.807) is 0 Å². The van der Waals surface area contributed by atoms with Gasteiger partial charge in [0.2, 0.25) is 0 Å². The van der Waals surface area contributed by atoms with E-state index in [2.05, 4.69) is 4.90 Å². The number of carbonyl (C=O) groups excluding carboxylic acids is 2. The van der Waals surface area contributed by atoms with Crippen molar-refractivity contribution in [1.82, 2.24) is 4.90 Å². The molecule has 2 aliphatic rings. The van der Waals surface area contributed by atoms with E-state index < -0.39 is 6.04 Å². The zero-order chi connectivity index (χ0) is 16.2. The molecule has 1 fully saturated rings. The Morgan fingerprint density at radius 3 is 2.74 bits per heavy atom. The number of benzene rings is 1. The molecule has 0 radical (unpaired) electrons. The standard InChI is InChI=1S/C19H25NO3/c1-2-23-19(22)17(20-12-6-3-7-13-20)16-11-10-14-8-4-5-9-15(14)18(16)21/h4-5,8-9,16-17H,2-3,6-7,10-13H2,1H3/t16-,17+/m0/s1. The third kappa shape index (κ3) is 3.32. The number of hydrogen-bond donors (Lipinski definition) is 0. The predicted molar refractivity (Wildman–Crippen MR) is 88.4 cm³/mol. The Morgan fingerprint density at radius 1 is 1.26 bits per heavy atom. The maximum atomic E-state index is 13.0. The van der Waals surface area contributed by atoms with E-state index in [4.69, 9.17) is 4.74 Å². The SMILES string of the molecule is CCOC(=O)[C@@H]([C@@H]1CCc2ccccc2C1=O)N1CCCCC1. The monoisotopic (exact) mass is 315 g/mol. The van der Waals surface area contributed by atoms with Gasteiger partial charge in [0, 0.05) is 11.5 Å². The van der Waals surface area contributed by atoms with Gasteiger partial charge in [-0.15, -0.1) is 0 Å². The van der Waals surface area contributed by atoms with Crippen LogP contribution in [0.5, 0.6) is 0 Å². The van der Waals surface area contributed by atoms with E-state index in [-0.39, 0.29) is 17.7 Å². The van der Waals surface area contributed by atoms with Crippen LogP contribution in [0.3, 0.4) is 0 Å². The fourth-order valence-electron chi connectivity index (χ4n) is 3.91. The maximum Gasteiger partial charge on any atom is 0.324 e. The van der Waals surface area contributed by atoms with E-state index in [1.807, 2.05) is 31.2 Å². The lowest BCUT2D eigenvalue weighted by atomic mass is 9.78. The highest BCUT2D eigenvalue weighted by Crippen LogP contribution is 2.31. The molecule has 23 heavy (non-hydrogen) atoms. The van der Waals surface area contributed by atoms with Crippen LogP contribution in [0.2, 0.25) is 0 Å². The largest absolute Gasteiger partial charge is 0.465 e. The van der Waals surface area contributed by atoms with Gasteiger partial charge in [-0.25, -0.2) is 0 Å². The minimum absolute atomic E-state index is 0.107. The fraction of sp³-hybridized carbons (Fsp3) is 0.579. The number of fused-ring (bicyclic) bond motifs is 1. The molecule has 1 aliphatic heterocycles. The van der Waals surface area contributed by atoms with Crippen LogP contribution in [-0.4, -0.2) is 42.4 Å². The molecule has 2 atom stereocenters. The van der Waals surface area contributed by atoms with Crippen LogP contribution in [0.25, 0.3) is 0 Å². The van der Waals surface area contributed by atoms with Gasteiger partial charge in [-0.05, 0) is 51.3 Å². The van der Waals surface area contributed by atoms with E-state index >= 15 is 0 Å². The average molecular weight is 315 g/mol. The second-order valence-electron chi connectivity index (χ2n) is 6.46. The molecule has 1 aliphatic carbocycles. The number of ether oxygens (including phenoxy) is 1. The van der Waals surface area contributed by atoms with E-state index in [0.29, 0.717) is 6.61 Å². The quantitative estimate of drug-likeness (QED) is 0.802. The second kappa shape index (κ2) is 7.26.